The molecule has 1 aliphatic heterocycles. The Morgan fingerprint density at radius 2 is 1.85 bits per heavy atom. The summed E-state index contributed by atoms with van der Waals surface area (Å²) in [6, 6.07) is 8.41. The highest BCUT2D eigenvalue weighted by Gasteiger charge is 2.36. The number of carbonyl (C=O) groups is 1. The van der Waals surface area contributed by atoms with Gasteiger partial charge in [0.15, 0.2) is 0 Å². The normalized spacial score (nSPS) is 14.8. The summed E-state index contributed by atoms with van der Waals surface area (Å²) >= 11 is 0. The first kappa shape index (κ1) is 30.8. The number of aromatic nitrogens is 2. The number of alkyl halides is 3. The minimum absolute atomic E-state index is 0.0295. The molecule has 0 unspecified atom stereocenters. The quantitative estimate of drug-likeness (QED) is 0.198. The standard InChI is InChI=1S/C28H38F3N5O4Si/c1-41(2,3)18-17-39-20-36-19-23(28(29,30)31)25-24(9-11-32-26(25)36)40-22-7-5-21(6-8-22)34-27(37)33-10-4-12-35-13-15-38-16-14-35/h5-9,11,19H,4,10,12-18,20H2,1-3H3,(H2,33,34,37). The highest BCUT2D eigenvalue weighted by atomic mass is 28.3. The first-order valence-electron chi connectivity index (χ1n) is 13.8. The minimum Gasteiger partial charge on any atom is -0.457 e. The largest absolute Gasteiger partial charge is 0.457 e. The Hall–Kier alpha value is -3.13. The van der Waals surface area contributed by atoms with Crippen LogP contribution >= 0.6 is 0 Å². The summed E-state index contributed by atoms with van der Waals surface area (Å²) in [5.74, 6) is 0.350. The summed E-state index contributed by atoms with van der Waals surface area (Å²) in [7, 11) is -1.34. The van der Waals surface area contributed by atoms with Crippen molar-refractivity contribution in [3.8, 4) is 11.5 Å². The molecule has 2 amide bonds. The van der Waals surface area contributed by atoms with E-state index in [1.807, 2.05) is 0 Å². The topological polar surface area (TPSA) is 89.9 Å². The van der Waals surface area contributed by atoms with Gasteiger partial charge in [0, 0.05) is 52.4 Å². The third-order valence-electron chi connectivity index (χ3n) is 6.63. The van der Waals surface area contributed by atoms with Crippen LogP contribution in [0.3, 0.4) is 0 Å². The maximum absolute atomic E-state index is 14.0. The number of halogens is 3. The lowest BCUT2D eigenvalue weighted by atomic mass is 10.2. The Morgan fingerprint density at radius 1 is 1.12 bits per heavy atom. The SMILES string of the molecule is C[Si](C)(C)CCOCn1cc(C(F)(F)F)c2c(Oc3ccc(NC(=O)NCCCN4CCOCC4)cc3)ccnc21. The summed E-state index contributed by atoms with van der Waals surface area (Å²) < 4.78 is 60.2. The van der Waals surface area contributed by atoms with Crippen LogP contribution in [0.15, 0.2) is 42.7 Å². The Morgan fingerprint density at radius 3 is 2.54 bits per heavy atom. The number of urea groups is 1. The van der Waals surface area contributed by atoms with Crippen LogP contribution in [-0.2, 0) is 22.4 Å². The summed E-state index contributed by atoms with van der Waals surface area (Å²) in [5.41, 5.74) is -0.181. The molecule has 3 aromatic rings. The number of ether oxygens (including phenoxy) is 3. The fourth-order valence-electron chi connectivity index (χ4n) is 4.36. The van der Waals surface area contributed by atoms with Crippen molar-refractivity contribution in [2.24, 2.45) is 0 Å². The van der Waals surface area contributed by atoms with Crippen molar-refractivity contribution in [3.63, 3.8) is 0 Å². The van der Waals surface area contributed by atoms with E-state index in [0.29, 0.717) is 24.6 Å². The molecule has 2 N–H and O–H groups in total. The van der Waals surface area contributed by atoms with Gasteiger partial charge in [0.25, 0.3) is 0 Å². The fourth-order valence-corrected chi connectivity index (χ4v) is 5.12. The molecule has 0 bridgehead atoms. The maximum atomic E-state index is 14.0. The fraction of sp³-hybridized carbons (Fsp3) is 0.500. The molecule has 13 heteroatoms. The third kappa shape index (κ3) is 9.18. The number of anilines is 1. The second kappa shape index (κ2) is 13.7. The zero-order valence-corrected chi connectivity index (χ0v) is 24.7. The van der Waals surface area contributed by atoms with Crippen molar-refractivity contribution >= 4 is 30.8 Å². The molecule has 9 nitrogen and oxygen atoms in total. The molecule has 1 saturated heterocycles. The van der Waals surface area contributed by atoms with E-state index >= 15 is 0 Å². The lowest BCUT2D eigenvalue weighted by molar-refractivity contribution is -0.136. The number of amides is 2. The minimum atomic E-state index is -4.60. The van der Waals surface area contributed by atoms with Crippen LogP contribution in [0.4, 0.5) is 23.7 Å². The number of hydrogen-bond acceptors (Lipinski definition) is 6. The van der Waals surface area contributed by atoms with Crippen LogP contribution in [0.1, 0.15) is 12.0 Å². The molecular formula is C28H38F3N5O4Si. The molecule has 4 rings (SSSR count). The van der Waals surface area contributed by atoms with E-state index in [0.717, 1.165) is 51.5 Å². The predicted octanol–water partition coefficient (Wildman–Crippen LogP) is 6.00. The van der Waals surface area contributed by atoms with E-state index in [-0.39, 0.29) is 29.5 Å². The molecule has 3 heterocycles. The third-order valence-corrected chi connectivity index (χ3v) is 8.34. The number of rotatable bonds is 12. The van der Waals surface area contributed by atoms with Gasteiger partial charge in [0.1, 0.15) is 23.9 Å². The van der Waals surface area contributed by atoms with Gasteiger partial charge in [0.05, 0.1) is 24.2 Å². The Kier molecular flexibility index (Phi) is 10.3. The van der Waals surface area contributed by atoms with Gasteiger partial charge in [-0.1, -0.05) is 19.6 Å². The molecule has 1 aliphatic rings. The highest BCUT2D eigenvalue weighted by molar-refractivity contribution is 6.76. The number of fused-ring (bicyclic) bond motifs is 1. The molecule has 0 radical (unpaired) electrons. The van der Waals surface area contributed by atoms with Crippen molar-refractivity contribution in [1.29, 1.82) is 0 Å². The van der Waals surface area contributed by atoms with Crippen molar-refractivity contribution in [2.45, 2.75) is 45.0 Å². The van der Waals surface area contributed by atoms with Gasteiger partial charge < -0.3 is 29.4 Å². The van der Waals surface area contributed by atoms with Crippen molar-refractivity contribution in [2.75, 3.05) is 51.3 Å². The van der Waals surface area contributed by atoms with Crippen LogP contribution in [0, 0.1) is 0 Å². The first-order valence-corrected chi connectivity index (χ1v) is 17.5. The maximum Gasteiger partial charge on any atom is 0.418 e. The zero-order chi connectivity index (χ0) is 29.5. The molecule has 224 valence electrons. The number of morpholine rings is 1. The summed E-state index contributed by atoms with van der Waals surface area (Å²) in [5, 5.41) is 5.45. The zero-order valence-electron chi connectivity index (χ0n) is 23.7. The predicted molar refractivity (Wildman–Crippen MR) is 154 cm³/mol. The molecular weight excluding hydrogens is 555 g/mol. The average Bonchev–Trinajstić information content (AvgIpc) is 3.31. The second-order valence-corrected chi connectivity index (χ2v) is 16.8. The van der Waals surface area contributed by atoms with Crippen LogP contribution < -0.4 is 15.4 Å². The molecule has 1 aromatic carbocycles. The summed E-state index contributed by atoms with van der Waals surface area (Å²) in [6.07, 6.45) is -1.35. The van der Waals surface area contributed by atoms with Crippen molar-refractivity contribution in [3.05, 3.63) is 48.3 Å². The van der Waals surface area contributed by atoms with E-state index in [9.17, 15) is 18.0 Å². The number of hydrogen-bond donors (Lipinski definition) is 2. The first-order chi connectivity index (χ1) is 19.5. The van der Waals surface area contributed by atoms with Gasteiger partial charge in [-0.2, -0.15) is 13.2 Å². The van der Waals surface area contributed by atoms with Crippen LogP contribution in [0.2, 0.25) is 25.7 Å². The van der Waals surface area contributed by atoms with Crippen molar-refractivity contribution in [1.82, 2.24) is 19.8 Å². The van der Waals surface area contributed by atoms with Gasteiger partial charge in [0.2, 0.25) is 0 Å². The molecule has 0 saturated carbocycles. The molecule has 1 fully saturated rings. The van der Waals surface area contributed by atoms with E-state index < -0.39 is 19.8 Å². The van der Waals surface area contributed by atoms with Gasteiger partial charge in [-0.05, 0) is 49.3 Å². The van der Waals surface area contributed by atoms with Gasteiger partial charge >= 0.3 is 12.2 Å². The molecule has 41 heavy (non-hydrogen) atoms. The average molecular weight is 594 g/mol. The number of nitrogens with zero attached hydrogens (tertiary/aromatic N) is 3. The number of carbonyl (C=O) groups excluding carboxylic acids is 1. The summed E-state index contributed by atoms with van der Waals surface area (Å²) in [4.78, 5) is 18.7. The number of pyridine rings is 1. The monoisotopic (exact) mass is 593 g/mol. The van der Waals surface area contributed by atoms with Crippen LogP contribution in [0.25, 0.3) is 11.0 Å². The molecule has 0 spiro atoms. The Balaban J connectivity index is 1.37. The van der Waals surface area contributed by atoms with Gasteiger partial charge in [-0.25, -0.2) is 9.78 Å². The van der Waals surface area contributed by atoms with Gasteiger partial charge in [-0.15, -0.1) is 0 Å². The Labute approximate surface area is 239 Å². The summed E-state index contributed by atoms with van der Waals surface area (Å²) in [6.45, 7) is 11.8. The van der Waals surface area contributed by atoms with Crippen molar-refractivity contribution < 1.29 is 32.2 Å². The molecule has 0 atom stereocenters. The smallest absolute Gasteiger partial charge is 0.418 e. The van der Waals surface area contributed by atoms with E-state index in [2.05, 4.69) is 40.2 Å². The van der Waals surface area contributed by atoms with Gasteiger partial charge in [-0.3, -0.25) is 4.90 Å². The lowest BCUT2D eigenvalue weighted by Gasteiger charge is -2.26. The Bertz CT molecular complexity index is 1290. The highest BCUT2D eigenvalue weighted by Crippen LogP contribution is 2.41. The lowest BCUT2D eigenvalue weighted by Crippen LogP contribution is -2.38. The van der Waals surface area contributed by atoms with E-state index in [4.69, 9.17) is 14.2 Å². The van der Waals surface area contributed by atoms with E-state index in [1.54, 1.807) is 24.3 Å². The number of benzene rings is 1. The second-order valence-electron chi connectivity index (χ2n) is 11.2. The number of nitrogens with one attached hydrogen (secondary N) is 2. The molecule has 2 aromatic heterocycles. The van der Waals surface area contributed by atoms with E-state index in [1.165, 1.54) is 16.8 Å². The molecule has 0 aliphatic carbocycles. The van der Waals surface area contributed by atoms with Crippen LogP contribution in [-0.4, -0.2) is 74.6 Å². The van der Waals surface area contributed by atoms with Crippen LogP contribution in [0.5, 0.6) is 11.5 Å².